The van der Waals surface area contributed by atoms with Crippen molar-refractivity contribution in [2.45, 2.75) is 0 Å². The molecule has 0 aliphatic carbocycles. The molecule has 0 atom stereocenters. The number of rotatable bonds is 2. The maximum absolute atomic E-state index is 8.99. The van der Waals surface area contributed by atoms with Gasteiger partial charge in [0.15, 0.2) is 0 Å². The molecule has 80 valence electrons. The Morgan fingerprint density at radius 2 is 2.25 bits per heavy atom. The second-order valence-corrected chi connectivity index (χ2v) is 3.64. The fourth-order valence-corrected chi connectivity index (χ4v) is 1.71. The molecule has 2 rings (SSSR count). The molecule has 0 saturated carbocycles. The number of benzene rings is 1. The molecule has 0 aliphatic heterocycles. The van der Waals surface area contributed by atoms with Crippen molar-refractivity contribution in [2.75, 3.05) is 7.11 Å². The third-order valence-electron chi connectivity index (χ3n) is 2.30. The molecule has 0 radical (unpaired) electrons. The van der Waals surface area contributed by atoms with Crippen LogP contribution in [0.4, 0.5) is 0 Å². The number of nitrogens with zero attached hydrogens (tertiary/aromatic N) is 1. The summed E-state index contributed by atoms with van der Waals surface area (Å²) in [6.45, 7) is 0. The topological polar surface area (TPSA) is 48.8 Å². The van der Waals surface area contributed by atoms with Crippen LogP contribution in [0.2, 0.25) is 5.02 Å². The van der Waals surface area contributed by atoms with Gasteiger partial charge in [-0.05, 0) is 12.1 Å². The first-order chi connectivity index (χ1) is 7.76. The summed E-state index contributed by atoms with van der Waals surface area (Å²) in [7, 11) is 1.60. The van der Waals surface area contributed by atoms with E-state index in [0.29, 0.717) is 16.3 Å². The van der Waals surface area contributed by atoms with Gasteiger partial charge in [0.25, 0.3) is 0 Å². The molecule has 0 amide bonds. The summed E-state index contributed by atoms with van der Waals surface area (Å²) in [6, 6.07) is 9.53. The predicted octanol–water partition coefficient (Wildman–Crippen LogP) is 3.22. The van der Waals surface area contributed by atoms with Gasteiger partial charge in [-0.25, -0.2) is 0 Å². The van der Waals surface area contributed by atoms with Crippen LogP contribution in [0.25, 0.3) is 11.3 Å². The van der Waals surface area contributed by atoms with Crippen LogP contribution < -0.4 is 4.74 Å². The minimum Gasteiger partial charge on any atom is -0.497 e. The zero-order chi connectivity index (χ0) is 11.5. The Bertz CT molecular complexity index is 554. The van der Waals surface area contributed by atoms with Crippen LogP contribution in [-0.2, 0) is 0 Å². The molecule has 0 spiro atoms. The van der Waals surface area contributed by atoms with Gasteiger partial charge in [0.1, 0.15) is 11.8 Å². The van der Waals surface area contributed by atoms with Crippen LogP contribution in [0, 0.1) is 11.3 Å². The monoisotopic (exact) mass is 232 g/mol. The normalized spacial score (nSPS) is 9.81. The van der Waals surface area contributed by atoms with Gasteiger partial charge >= 0.3 is 0 Å². The lowest BCUT2D eigenvalue weighted by Gasteiger charge is -2.03. The molecular formula is C12H9ClN2O. The van der Waals surface area contributed by atoms with Crippen LogP contribution in [0.5, 0.6) is 5.75 Å². The highest BCUT2D eigenvalue weighted by Gasteiger charge is 2.11. The molecule has 1 aromatic heterocycles. The van der Waals surface area contributed by atoms with Crippen LogP contribution in [0.15, 0.2) is 30.5 Å². The molecule has 0 fully saturated rings. The Balaban J connectivity index is 2.55. The van der Waals surface area contributed by atoms with Gasteiger partial charge in [0.05, 0.1) is 23.4 Å². The lowest BCUT2D eigenvalue weighted by atomic mass is 10.1. The number of nitrogens with one attached hydrogen (secondary N) is 1. The Morgan fingerprint density at radius 3 is 2.94 bits per heavy atom. The maximum atomic E-state index is 8.99. The molecule has 0 bridgehead atoms. The fraction of sp³-hybridized carbons (Fsp3) is 0.0833. The minimum absolute atomic E-state index is 0.431. The van der Waals surface area contributed by atoms with E-state index in [1.807, 2.05) is 24.3 Å². The van der Waals surface area contributed by atoms with Gasteiger partial charge in [-0.15, -0.1) is 0 Å². The van der Waals surface area contributed by atoms with Crippen molar-refractivity contribution in [3.63, 3.8) is 0 Å². The van der Waals surface area contributed by atoms with Crippen molar-refractivity contribution < 1.29 is 4.74 Å². The third kappa shape index (κ3) is 1.75. The van der Waals surface area contributed by atoms with E-state index in [4.69, 9.17) is 21.6 Å². The van der Waals surface area contributed by atoms with E-state index in [1.54, 1.807) is 13.3 Å². The summed E-state index contributed by atoms with van der Waals surface area (Å²) in [5.41, 5.74) is 2.05. The van der Waals surface area contributed by atoms with Crippen LogP contribution in [0.3, 0.4) is 0 Å². The molecule has 1 heterocycles. The summed E-state index contributed by atoms with van der Waals surface area (Å²) in [5.74, 6) is 0.743. The number of methoxy groups -OCH3 is 1. The van der Waals surface area contributed by atoms with Crippen LogP contribution >= 0.6 is 11.6 Å². The molecule has 0 aliphatic rings. The van der Waals surface area contributed by atoms with E-state index in [-0.39, 0.29) is 0 Å². The Labute approximate surface area is 98.2 Å². The number of aromatic amines is 1. The minimum atomic E-state index is 0.431. The molecule has 1 N–H and O–H groups in total. The Kier molecular flexibility index (Phi) is 2.84. The number of halogens is 1. The van der Waals surface area contributed by atoms with Gasteiger partial charge in [0.2, 0.25) is 0 Å². The lowest BCUT2D eigenvalue weighted by Crippen LogP contribution is -1.85. The number of hydrogen-bond donors (Lipinski definition) is 1. The first-order valence-corrected chi connectivity index (χ1v) is 5.05. The molecule has 16 heavy (non-hydrogen) atoms. The summed E-state index contributed by atoms with van der Waals surface area (Å²) in [5, 5.41) is 9.42. The summed E-state index contributed by atoms with van der Waals surface area (Å²) >= 11 is 5.88. The van der Waals surface area contributed by atoms with Gasteiger partial charge in [-0.2, -0.15) is 5.26 Å². The highest BCUT2D eigenvalue weighted by atomic mass is 35.5. The maximum Gasteiger partial charge on any atom is 0.119 e. The predicted molar refractivity (Wildman–Crippen MR) is 62.5 cm³/mol. The average molecular weight is 233 g/mol. The quantitative estimate of drug-likeness (QED) is 0.864. The number of aromatic nitrogens is 1. The third-order valence-corrected chi connectivity index (χ3v) is 2.60. The molecule has 0 saturated heterocycles. The Morgan fingerprint density at radius 1 is 1.44 bits per heavy atom. The molecule has 1 aromatic carbocycles. The van der Waals surface area contributed by atoms with Gasteiger partial charge in [-0.1, -0.05) is 23.7 Å². The lowest BCUT2D eigenvalue weighted by molar-refractivity contribution is 0.415. The van der Waals surface area contributed by atoms with E-state index >= 15 is 0 Å². The molecule has 0 unspecified atom stereocenters. The van der Waals surface area contributed by atoms with E-state index < -0.39 is 0 Å². The molecule has 3 nitrogen and oxygen atoms in total. The molecular weight excluding hydrogens is 224 g/mol. The second kappa shape index (κ2) is 4.30. The van der Waals surface area contributed by atoms with Crippen molar-refractivity contribution in [1.82, 2.24) is 4.98 Å². The zero-order valence-corrected chi connectivity index (χ0v) is 9.38. The highest BCUT2D eigenvalue weighted by Crippen LogP contribution is 2.29. The molecule has 4 heteroatoms. The highest BCUT2D eigenvalue weighted by molar-refractivity contribution is 6.32. The molecule has 2 aromatic rings. The Hall–Kier alpha value is -1.92. The zero-order valence-electron chi connectivity index (χ0n) is 8.62. The van der Waals surface area contributed by atoms with E-state index in [9.17, 15) is 0 Å². The number of hydrogen-bond acceptors (Lipinski definition) is 2. The SMILES string of the molecule is COc1cccc(-c2[nH]cc(Cl)c2C#N)c1. The number of H-pyrrole nitrogens is 1. The van der Waals surface area contributed by atoms with E-state index in [0.717, 1.165) is 11.3 Å². The van der Waals surface area contributed by atoms with Gasteiger partial charge in [0, 0.05) is 11.8 Å². The van der Waals surface area contributed by atoms with Crippen molar-refractivity contribution >= 4 is 11.6 Å². The van der Waals surface area contributed by atoms with E-state index in [1.165, 1.54) is 0 Å². The standard InChI is InChI=1S/C12H9ClN2O/c1-16-9-4-2-3-8(5-9)12-10(6-14)11(13)7-15-12/h2-5,7,15H,1H3. The first-order valence-electron chi connectivity index (χ1n) is 4.67. The van der Waals surface area contributed by atoms with Crippen molar-refractivity contribution in [3.8, 4) is 23.1 Å². The van der Waals surface area contributed by atoms with Crippen LogP contribution in [0.1, 0.15) is 5.56 Å². The fourth-order valence-electron chi connectivity index (χ4n) is 1.51. The number of ether oxygens (including phenoxy) is 1. The van der Waals surface area contributed by atoms with Gasteiger partial charge < -0.3 is 9.72 Å². The smallest absolute Gasteiger partial charge is 0.119 e. The average Bonchev–Trinajstić information content (AvgIpc) is 2.70. The van der Waals surface area contributed by atoms with E-state index in [2.05, 4.69) is 11.1 Å². The second-order valence-electron chi connectivity index (χ2n) is 3.23. The van der Waals surface area contributed by atoms with Crippen molar-refractivity contribution in [1.29, 1.82) is 5.26 Å². The number of nitriles is 1. The van der Waals surface area contributed by atoms with Gasteiger partial charge in [-0.3, -0.25) is 0 Å². The van der Waals surface area contributed by atoms with Crippen molar-refractivity contribution in [2.24, 2.45) is 0 Å². The van der Waals surface area contributed by atoms with Crippen LogP contribution in [-0.4, -0.2) is 12.1 Å². The first kappa shape index (κ1) is 10.6. The van der Waals surface area contributed by atoms with Crippen molar-refractivity contribution in [3.05, 3.63) is 41.0 Å². The summed E-state index contributed by atoms with van der Waals surface area (Å²) < 4.78 is 5.13. The summed E-state index contributed by atoms with van der Waals surface area (Å²) in [6.07, 6.45) is 1.61. The largest absolute Gasteiger partial charge is 0.497 e. The summed E-state index contributed by atoms with van der Waals surface area (Å²) in [4.78, 5) is 2.98.